The normalized spacial score (nSPS) is 16.2. The lowest BCUT2D eigenvalue weighted by Gasteiger charge is -2.30. The van der Waals surface area contributed by atoms with Gasteiger partial charge in [-0.05, 0) is 33.6 Å². The van der Waals surface area contributed by atoms with Gasteiger partial charge in [-0.15, -0.1) is 0 Å². The minimum Gasteiger partial charge on any atom is -0.465 e. The number of hydrogen-bond donors (Lipinski definition) is 1. The van der Waals surface area contributed by atoms with Gasteiger partial charge in [-0.25, -0.2) is 4.79 Å². The maximum Gasteiger partial charge on any atom is 0.325 e. The molecule has 1 rings (SSSR count). The minimum absolute atomic E-state index is 0.0179. The van der Waals surface area contributed by atoms with E-state index in [9.17, 15) is 9.59 Å². The summed E-state index contributed by atoms with van der Waals surface area (Å²) in [6, 6.07) is 0.0765. The molecule has 0 spiro atoms. The maximum absolute atomic E-state index is 12.2. The van der Waals surface area contributed by atoms with Crippen LogP contribution in [0.25, 0.3) is 0 Å². The van der Waals surface area contributed by atoms with Crippen molar-refractivity contribution in [2.45, 2.75) is 65.0 Å². The Morgan fingerprint density at radius 2 is 1.89 bits per heavy atom. The minimum atomic E-state index is -0.352. The standard InChI is InChI=1S/C14H26N2O3/c1-4-19-13(17)10-16(11(2)3)14(18)15-12-8-6-5-7-9-12/h11-12H,4-10H2,1-3H3,(H,15,18). The fourth-order valence-corrected chi connectivity index (χ4v) is 2.34. The molecule has 1 N–H and O–H groups in total. The smallest absolute Gasteiger partial charge is 0.325 e. The van der Waals surface area contributed by atoms with Gasteiger partial charge < -0.3 is 15.0 Å². The lowest BCUT2D eigenvalue weighted by Crippen LogP contribution is -2.50. The molecule has 0 saturated heterocycles. The molecule has 1 aliphatic rings. The number of carbonyl (C=O) groups excluding carboxylic acids is 2. The van der Waals surface area contributed by atoms with Gasteiger partial charge in [0.25, 0.3) is 0 Å². The van der Waals surface area contributed by atoms with Crippen molar-refractivity contribution in [3.63, 3.8) is 0 Å². The van der Waals surface area contributed by atoms with Crippen LogP contribution in [0.5, 0.6) is 0 Å². The summed E-state index contributed by atoms with van der Waals surface area (Å²) >= 11 is 0. The van der Waals surface area contributed by atoms with Gasteiger partial charge in [0.15, 0.2) is 0 Å². The summed E-state index contributed by atoms with van der Waals surface area (Å²) in [6.45, 7) is 5.93. The molecule has 1 fully saturated rings. The van der Waals surface area contributed by atoms with Crippen LogP contribution in [-0.4, -0.2) is 42.1 Å². The van der Waals surface area contributed by atoms with Crippen LogP contribution in [0.3, 0.4) is 0 Å². The lowest BCUT2D eigenvalue weighted by molar-refractivity contribution is -0.144. The molecule has 0 aliphatic heterocycles. The van der Waals surface area contributed by atoms with Crippen molar-refractivity contribution < 1.29 is 14.3 Å². The van der Waals surface area contributed by atoms with Gasteiger partial charge in [-0.2, -0.15) is 0 Å². The molecule has 0 aromatic heterocycles. The van der Waals surface area contributed by atoms with Gasteiger partial charge in [-0.3, -0.25) is 4.79 Å². The van der Waals surface area contributed by atoms with Gasteiger partial charge in [0.2, 0.25) is 0 Å². The van der Waals surface area contributed by atoms with Gasteiger partial charge in [0, 0.05) is 12.1 Å². The monoisotopic (exact) mass is 270 g/mol. The Morgan fingerprint density at radius 3 is 2.42 bits per heavy atom. The highest BCUT2D eigenvalue weighted by Gasteiger charge is 2.23. The quantitative estimate of drug-likeness (QED) is 0.780. The summed E-state index contributed by atoms with van der Waals surface area (Å²) in [5, 5.41) is 3.03. The summed E-state index contributed by atoms with van der Waals surface area (Å²) in [4.78, 5) is 25.2. The van der Waals surface area contributed by atoms with E-state index in [-0.39, 0.29) is 30.6 Å². The van der Waals surface area contributed by atoms with Crippen molar-refractivity contribution >= 4 is 12.0 Å². The molecule has 0 aromatic carbocycles. The molecule has 0 aromatic rings. The van der Waals surface area contributed by atoms with E-state index in [0.717, 1.165) is 12.8 Å². The van der Waals surface area contributed by atoms with Crippen molar-refractivity contribution in [2.24, 2.45) is 0 Å². The van der Waals surface area contributed by atoms with E-state index in [1.807, 2.05) is 13.8 Å². The van der Waals surface area contributed by atoms with Crippen LogP contribution >= 0.6 is 0 Å². The average Bonchev–Trinajstić information content (AvgIpc) is 2.37. The second-order valence-electron chi connectivity index (χ2n) is 5.31. The largest absolute Gasteiger partial charge is 0.465 e. The number of nitrogens with one attached hydrogen (secondary N) is 1. The Balaban J connectivity index is 2.49. The Bertz CT molecular complexity index is 299. The number of ether oxygens (including phenoxy) is 1. The highest BCUT2D eigenvalue weighted by molar-refractivity contribution is 5.81. The second-order valence-corrected chi connectivity index (χ2v) is 5.31. The zero-order chi connectivity index (χ0) is 14.3. The van der Waals surface area contributed by atoms with E-state index in [1.54, 1.807) is 6.92 Å². The third-order valence-corrected chi connectivity index (χ3v) is 3.42. The molecule has 110 valence electrons. The predicted molar refractivity (Wildman–Crippen MR) is 73.9 cm³/mol. The van der Waals surface area contributed by atoms with E-state index >= 15 is 0 Å². The first kappa shape index (κ1) is 15.8. The number of amides is 2. The van der Waals surface area contributed by atoms with Crippen LogP contribution in [0.4, 0.5) is 4.79 Å². The van der Waals surface area contributed by atoms with Crippen LogP contribution in [0, 0.1) is 0 Å². The molecule has 5 heteroatoms. The zero-order valence-corrected chi connectivity index (χ0v) is 12.3. The van der Waals surface area contributed by atoms with Crippen LogP contribution < -0.4 is 5.32 Å². The predicted octanol–water partition coefficient (Wildman–Crippen LogP) is 2.30. The van der Waals surface area contributed by atoms with Crippen molar-refractivity contribution in [3.05, 3.63) is 0 Å². The van der Waals surface area contributed by atoms with E-state index in [4.69, 9.17) is 4.74 Å². The number of esters is 1. The fraction of sp³-hybridized carbons (Fsp3) is 0.857. The van der Waals surface area contributed by atoms with Gasteiger partial charge in [0.05, 0.1) is 6.61 Å². The molecule has 1 aliphatic carbocycles. The molecule has 0 atom stereocenters. The third kappa shape index (κ3) is 5.49. The molecule has 0 bridgehead atoms. The molecule has 0 radical (unpaired) electrons. The molecule has 19 heavy (non-hydrogen) atoms. The zero-order valence-electron chi connectivity index (χ0n) is 12.3. The third-order valence-electron chi connectivity index (χ3n) is 3.42. The first-order chi connectivity index (χ1) is 9.04. The van der Waals surface area contributed by atoms with E-state index in [2.05, 4.69) is 5.32 Å². The fourth-order valence-electron chi connectivity index (χ4n) is 2.34. The molecule has 0 heterocycles. The van der Waals surface area contributed by atoms with Crippen LogP contribution in [0.1, 0.15) is 52.9 Å². The van der Waals surface area contributed by atoms with E-state index in [1.165, 1.54) is 24.2 Å². The first-order valence-corrected chi connectivity index (χ1v) is 7.27. The topological polar surface area (TPSA) is 58.6 Å². The van der Waals surface area contributed by atoms with Crippen molar-refractivity contribution in [2.75, 3.05) is 13.2 Å². The Hall–Kier alpha value is -1.26. The summed E-state index contributed by atoms with van der Waals surface area (Å²) < 4.78 is 4.90. The van der Waals surface area contributed by atoms with Gasteiger partial charge in [0.1, 0.15) is 6.54 Å². The van der Waals surface area contributed by atoms with Gasteiger partial charge in [-0.1, -0.05) is 19.3 Å². The van der Waals surface area contributed by atoms with Gasteiger partial charge >= 0.3 is 12.0 Å². The van der Waals surface area contributed by atoms with E-state index in [0.29, 0.717) is 6.61 Å². The molecular weight excluding hydrogens is 244 g/mol. The lowest BCUT2D eigenvalue weighted by atomic mass is 9.96. The molecule has 0 unspecified atom stereocenters. The summed E-state index contributed by atoms with van der Waals surface area (Å²) in [7, 11) is 0. The van der Waals surface area contributed by atoms with Crippen LogP contribution in [0.2, 0.25) is 0 Å². The number of rotatable bonds is 5. The first-order valence-electron chi connectivity index (χ1n) is 7.27. The number of carbonyl (C=O) groups is 2. The average molecular weight is 270 g/mol. The van der Waals surface area contributed by atoms with E-state index < -0.39 is 0 Å². The SMILES string of the molecule is CCOC(=O)CN(C(=O)NC1CCCCC1)C(C)C. The molecule has 1 saturated carbocycles. The number of hydrogen-bond acceptors (Lipinski definition) is 3. The second kappa shape index (κ2) is 8.02. The number of urea groups is 1. The highest BCUT2D eigenvalue weighted by Crippen LogP contribution is 2.17. The summed E-state index contributed by atoms with van der Waals surface area (Å²) in [5.74, 6) is -0.352. The van der Waals surface area contributed by atoms with Crippen LogP contribution in [-0.2, 0) is 9.53 Å². The Kier molecular flexibility index (Phi) is 6.67. The highest BCUT2D eigenvalue weighted by atomic mass is 16.5. The van der Waals surface area contributed by atoms with Crippen LogP contribution in [0.15, 0.2) is 0 Å². The Labute approximate surface area is 115 Å². The maximum atomic E-state index is 12.2. The van der Waals surface area contributed by atoms with Crippen molar-refractivity contribution in [3.8, 4) is 0 Å². The number of nitrogens with zero attached hydrogens (tertiary/aromatic N) is 1. The molecule has 5 nitrogen and oxygen atoms in total. The van der Waals surface area contributed by atoms with Crippen molar-refractivity contribution in [1.82, 2.24) is 10.2 Å². The molecular formula is C14H26N2O3. The summed E-state index contributed by atoms with van der Waals surface area (Å²) in [6.07, 6.45) is 5.67. The molecule has 2 amide bonds. The summed E-state index contributed by atoms with van der Waals surface area (Å²) in [5.41, 5.74) is 0. The van der Waals surface area contributed by atoms with Crippen molar-refractivity contribution in [1.29, 1.82) is 0 Å². The Morgan fingerprint density at radius 1 is 1.26 bits per heavy atom.